The van der Waals surface area contributed by atoms with Crippen LogP contribution in [0.3, 0.4) is 0 Å². The van der Waals surface area contributed by atoms with E-state index in [1.807, 2.05) is 6.92 Å². The van der Waals surface area contributed by atoms with Gasteiger partial charge in [-0.15, -0.1) is 4.79 Å². The molecule has 10 heteroatoms. The average molecular weight is 497 g/mol. The van der Waals surface area contributed by atoms with Crippen LogP contribution in [0.15, 0.2) is 82.5 Å². The van der Waals surface area contributed by atoms with Gasteiger partial charge in [-0.05, 0) is 42.8 Å². The highest BCUT2D eigenvalue weighted by Crippen LogP contribution is 2.15. The van der Waals surface area contributed by atoms with Crippen LogP contribution in [-0.4, -0.2) is 24.2 Å². The molecule has 8 nitrogen and oxygen atoms in total. The van der Waals surface area contributed by atoms with Gasteiger partial charge < -0.3 is 0 Å². The van der Waals surface area contributed by atoms with E-state index in [0.717, 1.165) is 10.4 Å². The summed E-state index contributed by atoms with van der Waals surface area (Å²) in [5.74, 6) is -0.460. The fraction of sp³-hybridized carbons (Fsp3) is 0.125. The Bertz CT molecular complexity index is 1520. The highest BCUT2D eigenvalue weighted by molar-refractivity contribution is 7.89. The van der Waals surface area contributed by atoms with E-state index in [1.165, 1.54) is 12.1 Å². The number of carbonyl (C=O) groups excluding carboxylic acids is 1. The summed E-state index contributed by atoms with van der Waals surface area (Å²) in [5, 5.41) is 5.57. The van der Waals surface area contributed by atoms with Crippen LogP contribution in [0.5, 0.6) is 0 Å². The van der Waals surface area contributed by atoms with Crippen molar-refractivity contribution in [3.63, 3.8) is 0 Å². The molecule has 3 aromatic carbocycles. The zero-order valence-electron chi connectivity index (χ0n) is 18.2. The molecule has 0 spiro atoms. The number of hydrogen-bond donors (Lipinski definition) is 2. The van der Waals surface area contributed by atoms with Crippen molar-refractivity contribution in [2.45, 2.75) is 24.8 Å². The van der Waals surface area contributed by atoms with Crippen LogP contribution >= 0.6 is 11.6 Å². The second-order valence-electron chi connectivity index (χ2n) is 7.69. The second kappa shape index (κ2) is 9.76. The molecule has 0 unspecified atom stereocenters. The monoisotopic (exact) mass is 496 g/mol. The van der Waals surface area contributed by atoms with Gasteiger partial charge in [-0.3, -0.25) is 9.59 Å². The molecule has 174 valence electrons. The van der Waals surface area contributed by atoms with Gasteiger partial charge in [0.05, 0.1) is 28.9 Å². The van der Waals surface area contributed by atoms with Gasteiger partial charge in [0.2, 0.25) is 15.9 Å². The summed E-state index contributed by atoms with van der Waals surface area (Å²) in [4.78, 5) is 26.4. The standard InChI is InChI=1S/C24H21ClN4O4S/c1-16-6-12-19(13-7-16)34(32,33)26-15-22-20-4-2-3-5-21(20)24(31)29(27-22)28-23(30)14-17-8-10-18(25)11-9-17/h2-13,26H,14-15H2,1H3,(H,28,30). The Hall–Kier alpha value is -3.53. The number of aryl methyl sites for hydroxylation is 1. The van der Waals surface area contributed by atoms with E-state index >= 15 is 0 Å². The lowest BCUT2D eigenvalue weighted by atomic mass is 10.1. The molecule has 0 aliphatic carbocycles. The van der Waals surface area contributed by atoms with Crippen LogP contribution < -0.4 is 15.7 Å². The zero-order chi connectivity index (χ0) is 24.3. The van der Waals surface area contributed by atoms with E-state index in [4.69, 9.17) is 11.6 Å². The first kappa shape index (κ1) is 23.6. The van der Waals surface area contributed by atoms with E-state index < -0.39 is 21.5 Å². The minimum atomic E-state index is -3.81. The lowest BCUT2D eigenvalue weighted by molar-refractivity contribution is -0.116. The van der Waals surface area contributed by atoms with Crippen molar-refractivity contribution in [3.05, 3.63) is 105 Å². The first-order valence-corrected chi connectivity index (χ1v) is 12.2. The van der Waals surface area contributed by atoms with Crippen LogP contribution in [0.4, 0.5) is 0 Å². The number of benzene rings is 3. The average Bonchev–Trinajstić information content (AvgIpc) is 2.82. The summed E-state index contributed by atoms with van der Waals surface area (Å²) < 4.78 is 28.0. The number of nitrogens with zero attached hydrogens (tertiary/aromatic N) is 2. The molecule has 2 N–H and O–H groups in total. The Morgan fingerprint density at radius 2 is 1.62 bits per heavy atom. The van der Waals surface area contributed by atoms with Gasteiger partial charge in [0.25, 0.3) is 5.56 Å². The van der Waals surface area contributed by atoms with E-state index in [2.05, 4.69) is 15.2 Å². The molecule has 34 heavy (non-hydrogen) atoms. The smallest absolute Gasteiger partial charge is 0.273 e. The maximum absolute atomic E-state index is 12.9. The molecule has 1 aromatic heterocycles. The minimum Gasteiger partial charge on any atom is -0.273 e. The number of fused-ring (bicyclic) bond motifs is 1. The molecular formula is C24H21ClN4O4S. The third-order valence-corrected chi connectivity index (χ3v) is 6.82. The number of carbonyl (C=O) groups is 1. The SMILES string of the molecule is Cc1ccc(S(=O)(=O)NCc2nn(NC(=O)Cc3ccc(Cl)cc3)c(=O)c3ccccc23)cc1. The van der Waals surface area contributed by atoms with Gasteiger partial charge in [0.15, 0.2) is 0 Å². The number of hydrogen-bond acceptors (Lipinski definition) is 5. The number of halogens is 1. The highest BCUT2D eigenvalue weighted by atomic mass is 35.5. The Kier molecular flexibility index (Phi) is 6.78. The fourth-order valence-electron chi connectivity index (χ4n) is 3.37. The van der Waals surface area contributed by atoms with Crippen LogP contribution in [0, 0.1) is 6.92 Å². The van der Waals surface area contributed by atoms with E-state index in [1.54, 1.807) is 60.7 Å². The lowest BCUT2D eigenvalue weighted by Gasteiger charge is -2.13. The Labute approximate surface area is 201 Å². The maximum atomic E-state index is 12.9. The first-order valence-electron chi connectivity index (χ1n) is 10.3. The topological polar surface area (TPSA) is 110 Å². The molecule has 0 saturated heterocycles. The molecule has 0 bridgehead atoms. The van der Waals surface area contributed by atoms with Gasteiger partial charge in [-0.25, -0.2) is 18.6 Å². The zero-order valence-corrected chi connectivity index (χ0v) is 19.7. The van der Waals surface area contributed by atoms with Gasteiger partial charge in [-0.2, -0.15) is 5.10 Å². The fourth-order valence-corrected chi connectivity index (χ4v) is 4.48. The Morgan fingerprint density at radius 3 is 2.29 bits per heavy atom. The van der Waals surface area contributed by atoms with Gasteiger partial charge in [0, 0.05) is 10.4 Å². The number of sulfonamides is 1. The van der Waals surface area contributed by atoms with Crippen LogP contribution in [0.25, 0.3) is 10.8 Å². The van der Waals surface area contributed by atoms with Crippen LogP contribution in [-0.2, 0) is 27.8 Å². The summed E-state index contributed by atoms with van der Waals surface area (Å²) in [6.07, 6.45) is 0.00744. The van der Waals surface area contributed by atoms with Crippen molar-refractivity contribution in [1.29, 1.82) is 0 Å². The van der Waals surface area contributed by atoms with Crippen molar-refractivity contribution < 1.29 is 13.2 Å². The molecule has 0 atom stereocenters. The van der Waals surface area contributed by atoms with Crippen molar-refractivity contribution in [3.8, 4) is 0 Å². The predicted molar refractivity (Wildman–Crippen MR) is 131 cm³/mol. The number of aromatic nitrogens is 2. The van der Waals surface area contributed by atoms with E-state index in [0.29, 0.717) is 21.4 Å². The maximum Gasteiger partial charge on any atom is 0.294 e. The molecule has 1 heterocycles. The minimum absolute atomic E-state index is 0.00744. The number of rotatable bonds is 7. The lowest BCUT2D eigenvalue weighted by Crippen LogP contribution is -2.37. The van der Waals surface area contributed by atoms with Crippen molar-refractivity contribution >= 4 is 38.3 Å². The van der Waals surface area contributed by atoms with Gasteiger partial charge in [0.1, 0.15) is 0 Å². The largest absolute Gasteiger partial charge is 0.294 e. The normalized spacial score (nSPS) is 11.5. The molecule has 1 amide bonds. The number of amides is 1. The summed E-state index contributed by atoms with van der Waals surface area (Å²) in [7, 11) is -3.81. The molecule has 0 radical (unpaired) electrons. The number of nitrogens with one attached hydrogen (secondary N) is 2. The Morgan fingerprint density at radius 1 is 0.971 bits per heavy atom. The van der Waals surface area contributed by atoms with Crippen molar-refractivity contribution in [2.24, 2.45) is 0 Å². The van der Waals surface area contributed by atoms with Crippen molar-refractivity contribution in [2.75, 3.05) is 5.43 Å². The predicted octanol–water partition coefficient (Wildman–Crippen LogP) is 3.15. The summed E-state index contributed by atoms with van der Waals surface area (Å²) in [5.41, 5.74) is 3.90. The molecule has 0 aliphatic heterocycles. The second-order valence-corrected chi connectivity index (χ2v) is 9.89. The van der Waals surface area contributed by atoms with Crippen LogP contribution in [0.2, 0.25) is 5.02 Å². The summed E-state index contributed by atoms with van der Waals surface area (Å²) in [6.45, 7) is 1.69. The van der Waals surface area contributed by atoms with Crippen molar-refractivity contribution in [1.82, 2.24) is 14.6 Å². The van der Waals surface area contributed by atoms with Gasteiger partial charge >= 0.3 is 0 Å². The third kappa shape index (κ3) is 5.33. The van der Waals surface area contributed by atoms with Crippen LogP contribution in [0.1, 0.15) is 16.8 Å². The third-order valence-electron chi connectivity index (χ3n) is 5.15. The molecular weight excluding hydrogens is 476 g/mol. The summed E-state index contributed by atoms with van der Waals surface area (Å²) in [6, 6.07) is 19.9. The summed E-state index contributed by atoms with van der Waals surface area (Å²) >= 11 is 5.87. The molecule has 4 rings (SSSR count). The molecule has 0 fully saturated rings. The molecule has 0 saturated carbocycles. The van der Waals surface area contributed by atoms with Gasteiger partial charge in [-0.1, -0.05) is 59.6 Å². The van der Waals surface area contributed by atoms with E-state index in [9.17, 15) is 18.0 Å². The molecule has 4 aromatic rings. The molecule has 0 aliphatic rings. The van der Waals surface area contributed by atoms with E-state index in [-0.39, 0.29) is 23.6 Å². The quantitative estimate of drug-likeness (QED) is 0.408. The highest BCUT2D eigenvalue weighted by Gasteiger charge is 2.17. The first-order chi connectivity index (χ1) is 16.2. The Balaban J connectivity index is 1.61.